The van der Waals surface area contributed by atoms with Gasteiger partial charge in [-0.1, -0.05) is 50.5 Å². The zero-order chi connectivity index (χ0) is 11.1. The van der Waals surface area contributed by atoms with Gasteiger partial charge in [-0.05, 0) is 36.9 Å². The van der Waals surface area contributed by atoms with Crippen LogP contribution in [0.25, 0.3) is 0 Å². The van der Waals surface area contributed by atoms with Gasteiger partial charge in [0.25, 0.3) is 0 Å². The molecule has 1 aromatic rings. The fraction of sp³-hybridized carbons (Fsp3) is 0.571. The minimum Gasteiger partial charge on any atom is -0.330 e. The van der Waals surface area contributed by atoms with Gasteiger partial charge in [-0.15, -0.1) is 0 Å². The summed E-state index contributed by atoms with van der Waals surface area (Å²) in [6.07, 6.45) is 5.13. The average Bonchev–Trinajstić information content (AvgIpc) is 2.26. The molecule has 1 unspecified atom stereocenters. The molecule has 0 amide bonds. The topological polar surface area (TPSA) is 26.0 Å². The van der Waals surface area contributed by atoms with E-state index in [1.165, 1.54) is 36.8 Å². The van der Waals surface area contributed by atoms with Gasteiger partial charge in [-0.2, -0.15) is 0 Å². The van der Waals surface area contributed by atoms with E-state index >= 15 is 0 Å². The second-order valence-electron chi connectivity index (χ2n) is 4.28. The summed E-state index contributed by atoms with van der Waals surface area (Å²) in [6, 6.07) is 8.61. The molecule has 84 valence electrons. The highest BCUT2D eigenvalue weighted by molar-refractivity contribution is 5.29. The van der Waals surface area contributed by atoms with Crippen LogP contribution >= 0.6 is 0 Å². The smallest absolute Gasteiger partial charge is 0.000814 e. The number of benzene rings is 1. The van der Waals surface area contributed by atoms with Gasteiger partial charge >= 0.3 is 0 Å². The van der Waals surface area contributed by atoms with E-state index in [2.05, 4.69) is 38.1 Å². The van der Waals surface area contributed by atoms with Crippen LogP contribution in [0.1, 0.15) is 49.7 Å². The predicted molar refractivity (Wildman–Crippen MR) is 67.1 cm³/mol. The zero-order valence-electron chi connectivity index (χ0n) is 10.00. The molecule has 0 radical (unpaired) electrons. The predicted octanol–water partition coefficient (Wildman–Crippen LogP) is 3.62. The van der Waals surface area contributed by atoms with Gasteiger partial charge in [0.1, 0.15) is 0 Å². The molecule has 0 spiro atoms. The summed E-state index contributed by atoms with van der Waals surface area (Å²) in [5.41, 5.74) is 8.68. The average molecular weight is 205 g/mol. The second-order valence-corrected chi connectivity index (χ2v) is 4.28. The largest absolute Gasteiger partial charge is 0.330 e. The summed E-state index contributed by atoms with van der Waals surface area (Å²) in [7, 11) is 0. The van der Waals surface area contributed by atoms with Crippen LogP contribution in [0.5, 0.6) is 0 Å². The molecular weight excluding hydrogens is 182 g/mol. The minimum atomic E-state index is 0.553. The van der Waals surface area contributed by atoms with Gasteiger partial charge in [0, 0.05) is 0 Å². The first kappa shape index (κ1) is 12.3. The molecular formula is C14H23N. The molecule has 2 N–H and O–H groups in total. The van der Waals surface area contributed by atoms with Crippen LogP contribution in [0.15, 0.2) is 24.3 Å². The molecule has 0 bridgehead atoms. The lowest BCUT2D eigenvalue weighted by molar-refractivity contribution is 0.570. The molecule has 0 heterocycles. The fourth-order valence-corrected chi connectivity index (χ4v) is 2.09. The maximum Gasteiger partial charge on any atom is -0.000814 e. The van der Waals surface area contributed by atoms with Crippen molar-refractivity contribution in [2.24, 2.45) is 5.73 Å². The molecule has 0 aliphatic carbocycles. The van der Waals surface area contributed by atoms with E-state index in [0.29, 0.717) is 5.92 Å². The first-order valence-electron chi connectivity index (χ1n) is 6.05. The summed E-state index contributed by atoms with van der Waals surface area (Å²) in [6.45, 7) is 5.19. The highest BCUT2D eigenvalue weighted by Gasteiger charge is 2.10. The number of aryl methyl sites for hydroxylation is 1. The van der Waals surface area contributed by atoms with E-state index in [0.717, 1.165) is 6.54 Å². The van der Waals surface area contributed by atoms with Crippen LogP contribution in [-0.4, -0.2) is 6.54 Å². The molecule has 1 rings (SSSR count). The van der Waals surface area contributed by atoms with Crippen molar-refractivity contribution in [3.05, 3.63) is 35.4 Å². The molecule has 0 aliphatic rings. The highest BCUT2D eigenvalue weighted by Crippen LogP contribution is 2.24. The third kappa shape index (κ3) is 3.67. The van der Waals surface area contributed by atoms with Crippen LogP contribution in [0.3, 0.4) is 0 Å². The van der Waals surface area contributed by atoms with Crippen molar-refractivity contribution in [3.8, 4) is 0 Å². The van der Waals surface area contributed by atoms with E-state index in [1.54, 1.807) is 0 Å². The Balaban J connectivity index is 2.61. The molecule has 1 heteroatoms. The number of unbranched alkanes of at least 4 members (excludes halogenated alkanes) is 2. The second kappa shape index (κ2) is 6.62. The minimum absolute atomic E-state index is 0.553. The zero-order valence-corrected chi connectivity index (χ0v) is 10.00. The third-order valence-electron chi connectivity index (χ3n) is 3.07. The lowest BCUT2D eigenvalue weighted by Crippen LogP contribution is -2.13. The van der Waals surface area contributed by atoms with E-state index in [4.69, 9.17) is 5.73 Å². The van der Waals surface area contributed by atoms with E-state index in [9.17, 15) is 0 Å². The van der Waals surface area contributed by atoms with Crippen molar-refractivity contribution in [2.75, 3.05) is 6.54 Å². The molecule has 15 heavy (non-hydrogen) atoms. The Labute approximate surface area is 93.7 Å². The molecule has 1 atom stereocenters. The number of nitrogens with two attached hydrogens (primary N) is 1. The quantitative estimate of drug-likeness (QED) is 0.705. The molecule has 0 saturated carbocycles. The van der Waals surface area contributed by atoms with Gasteiger partial charge in [-0.3, -0.25) is 0 Å². The van der Waals surface area contributed by atoms with Gasteiger partial charge in [0.2, 0.25) is 0 Å². The molecule has 1 nitrogen and oxygen atoms in total. The van der Waals surface area contributed by atoms with E-state index < -0.39 is 0 Å². The Morgan fingerprint density at radius 2 is 1.93 bits per heavy atom. The maximum atomic E-state index is 5.86. The molecule has 1 aromatic carbocycles. The van der Waals surface area contributed by atoms with Crippen LogP contribution < -0.4 is 5.73 Å². The fourth-order valence-electron chi connectivity index (χ4n) is 2.09. The number of rotatable bonds is 6. The Morgan fingerprint density at radius 3 is 2.53 bits per heavy atom. The normalized spacial score (nSPS) is 12.7. The highest BCUT2D eigenvalue weighted by atomic mass is 14.5. The van der Waals surface area contributed by atoms with Crippen molar-refractivity contribution < 1.29 is 0 Å². The Hall–Kier alpha value is -0.820. The molecule has 0 aromatic heterocycles. The van der Waals surface area contributed by atoms with Crippen LogP contribution in [0.4, 0.5) is 0 Å². The van der Waals surface area contributed by atoms with Crippen molar-refractivity contribution in [3.63, 3.8) is 0 Å². The van der Waals surface area contributed by atoms with Crippen molar-refractivity contribution in [1.82, 2.24) is 0 Å². The summed E-state index contributed by atoms with van der Waals surface area (Å²) in [4.78, 5) is 0. The van der Waals surface area contributed by atoms with Crippen LogP contribution in [0, 0.1) is 6.92 Å². The first-order chi connectivity index (χ1) is 7.29. The lowest BCUT2D eigenvalue weighted by atomic mass is 9.90. The Morgan fingerprint density at radius 1 is 1.20 bits per heavy atom. The first-order valence-corrected chi connectivity index (χ1v) is 6.05. The number of hydrogen-bond donors (Lipinski definition) is 1. The summed E-state index contributed by atoms with van der Waals surface area (Å²) in [5, 5.41) is 0. The Kier molecular flexibility index (Phi) is 5.41. The molecule has 0 aliphatic heterocycles. The number of hydrogen-bond acceptors (Lipinski definition) is 1. The van der Waals surface area contributed by atoms with Crippen LogP contribution in [0.2, 0.25) is 0 Å². The molecule has 0 saturated heterocycles. The van der Waals surface area contributed by atoms with Gasteiger partial charge in [0.05, 0.1) is 0 Å². The summed E-state index contributed by atoms with van der Waals surface area (Å²) >= 11 is 0. The monoisotopic (exact) mass is 205 g/mol. The molecule has 0 fully saturated rings. The van der Waals surface area contributed by atoms with E-state index in [1.807, 2.05) is 0 Å². The lowest BCUT2D eigenvalue weighted by Gasteiger charge is -2.17. The summed E-state index contributed by atoms with van der Waals surface area (Å²) < 4.78 is 0. The summed E-state index contributed by atoms with van der Waals surface area (Å²) in [5.74, 6) is 0.553. The van der Waals surface area contributed by atoms with Crippen molar-refractivity contribution in [2.45, 2.75) is 45.4 Å². The SMILES string of the molecule is CCCCCC(CN)c1ccccc1C. The van der Waals surface area contributed by atoms with E-state index in [-0.39, 0.29) is 0 Å². The standard InChI is InChI=1S/C14H23N/c1-3-4-5-9-13(11-15)14-10-7-6-8-12(14)2/h6-8,10,13H,3-5,9,11,15H2,1-2H3. The maximum absolute atomic E-state index is 5.86. The van der Waals surface area contributed by atoms with Gasteiger partial charge in [-0.25, -0.2) is 0 Å². The van der Waals surface area contributed by atoms with Gasteiger partial charge in [0.15, 0.2) is 0 Å². The van der Waals surface area contributed by atoms with Crippen LogP contribution in [-0.2, 0) is 0 Å². The van der Waals surface area contributed by atoms with Crippen molar-refractivity contribution in [1.29, 1.82) is 0 Å². The van der Waals surface area contributed by atoms with Crippen molar-refractivity contribution >= 4 is 0 Å². The Bertz CT molecular complexity index is 280. The third-order valence-corrected chi connectivity index (χ3v) is 3.07. The van der Waals surface area contributed by atoms with Gasteiger partial charge < -0.3 is 5.73 Å².